The fourth-order valence-corrected chi connectivity index (χ4v) is 2.27. The third-order valence-electron chi connectivity index (χ3n) is 3.29. The van der Waals surface area contributed by atoms with Gasteiger partial charge in [-0.3, -0.25) is 4.79 Å². The molecule has 0 bridgehead atoms. The molecule has 0 aromatic carbocycles. The van der Waals surface area contributed by atoms with Crippen LogP contribution in [0.5, 0.6) is 0 Å². The second-order valence-corrected chi connectivity index (χ2v) is 5.21. The van der Waals surface area contributed by atoms with Gasteiger partial charge in [0, 0.05) is 0 Å². The summed E-state index contributed by atoms with van der Waals surface area (Å²) in [5.74, 6) is -1.27. The average Bonchev–Trinajstić information content (AvgIpc) is 2.53. The highest BCUT2D eigenvalue weighted by Gasteiger charge is 2.39. The Hall–Kier alpha value is -1.10. The van der Waals surface area contributed by atoms with Gasteiger partial charge in [0.15, 0.2) is 0 Å². The molecule has 1 saturated carbocycles. The number of amides is 1. The molecule has 104 valence electrons. The van der Waals surface area contributed by atoms with Crippen LogP contribution in [0.3, 0.4) is 0 Å². The van der Waals surface area contributed by atoms with Crippen molar-refractivity contribution in [2.24, 2.45) is 0 Å². The number of carbonyl (C=O) groups is 2. The lowest BCUT2D eigenvalue weighted by Crippen LogP contribution is -2.55. The van der Waals surface area contributed by atoms with E-state index in [0.29, 0.717) is 12.8 Å². The predicted molar refractivity (Wildman–Crippen MR) is 67.3 cm³/mol. The molecule has 0 radical (unpaired) electrons. The number of ether oxygens (including phenoxy) is 1. The molecule has 1 aliphatic rings. The summed E-state index contributed by atoms with van der Waals surface area (Å²) in [7, 11) is 0. The number of carbonyl (C=O) groups excluding carboxylic acids is 1. The van der Waals surface area contributed by atoms with Crippen molar-refractivity contribution in [2.45, 2.75) is 64.0 Å². The number of aliphatic carboxylic acids is 1. The Labute approximate surface area is 108 Å². The SMILES string of the molecule is CC(C)OCC(=O)NC1(C(=O)O)CCCCCC1. The standard InChI is InChI=1S/C13H23NO4/c1-10(2)18-9-11(15)14-13(12(16)17)7-5-3-4-6-8-13/h10H,3-9H2,1-2H3,(H,14,15)(H,16,17). The molecule has 0 unspecified atom stereocenters. The Morgan fingerprint density at radius 3 is 2.22 bits per heavy atom. The minimum absolute atomic E-state index is 0.0364. The first-order valence-electron chi connectivity index (χ1n) is 6.62. The number of rotatable bonds is 5. The summed E-state index contributed by atoms with van der Waals surface area (Å²) < 4.78 is 5.20. The summed E-state index contributed by atoms with van der Waals surface area (Å²) in [6, 6.07) is 0. The fraction of sp³-hybridized carbons (Fsp3) is 0.846. The first-order chi connectivity index (χ1) is 8.46. The van der Waals surface area contributed by atoms with Crippen molar-refractivity contribution in [1.29, 1.82) is 0 Å². The van der Waals surface area contributed by atoms with E-state index in [-0.39, 0.29) is 18.6 Å². The largest absolute Gasteiger partial charge is 0.480 e. The second-order valence-electron chi connectivity index (χ2n) is 5.21. The van der Waals surface area contributed by atoms with Crippen LogP contribution in [-0.4, -0.2) is 35.2 Å². The van der Waals surface area contributed by atoms with E-state index in [4.69, 9.17) is 4.74 Å². The van der Waals surface area contributed by atoms with Crippen LogP contribution in [0.1, 0.15) is 52.4 Å². The number of hydrogen-bond donors (Lipinski definition) is 2. The average molecular weight is 257 g/mol. The summed E-state index contributed by atoms with van der Waals surface area (Å²) >= 11 is 0. The maximum Gasteiger partial charge on any atom is 0.329 e. The third kappa shape index (κ3) is 4.29. The number of nitrogens with one attached hydrogen (secondary N) is 1. The molecule has 0 atom stereocenters. The summed E-state index contributed by atoms with van der Waals surface area (Å²) in [6.07, 6.45) is 4.74. The Kier molecular flexibility index (Phi) is 5.59. The van der Waals surface area contributed by atoms with Crippen molar-refractivity contribution in [2.75, 3.05) is 6.61 Å². The van der Waals surface area contributed by atoms with Gasteiger partial charge in [-0.05, 0) is 26.7 Å². The molecular weight excluding hydrogens is 234 g/mol. The molecule has 18 heavy (non-hydrogen) atoms. The Balaban J connectivity index is 2.61. The van der Waals surface area contributed by atoms with Crippen molar-refractivity contribution in [3.8, 4) is 0 Å². The minimum atomic E-state index is -1.09. The molecule has 0 spiro atoms. The number of hydrogen-bond acceptors (Lipinski definition) is 3. The zero-order valence-corrected chi connectivity index (χ0v) is 11.2. The van der Waals surface area contributed by atoms with Gasteiger partial charge in [0.25, 0.3) is 0 Å². The Bertz CT molecular complexity index is 293. The number of carboxylic acids is 1. The summed E-state index contributed by atoms with van der Waals surface area (Å²) in [5, 5.41) is 12.0. The lowest BCUT2D eigenvalue weighted by molar-refractivity contribution is -0.149. The van der Waals surface area contributed by atoms with Crippen LogP contribution < -0.4 is 5.32 Å². The van der Waals surface area contributed by atoms with E-state index in [1.54, 1.807) is 0 Å². The van der Waals surface area contributed by atoms with Crippen molar-refractivity contribution in [1.82, 2.24) is 5.32 Å². The van der Waals surface area contributed by atoms with Crippen molar-refractivity contribution >= 4 is 11.9 Å². The minimum Gasteiger partial charge on any atom is -0.480 e. The van der Waals surface area contributed by atoms with E-state index in [1.807, 2.05) is 13.8 Å². The van der Waals surface area contributed by atoms with E-state index in [9.17, 15) is 14.7 Å². The van der Waals surface area contributed by atoms with Gasteiger partial charge in [0.1, 0.15) is 12.1 Å². The molecule has 0 aromatic heterocycles. The van der Waals surface area contributed by atoms with E-state index in [1.165, 1.54) is 0 Å². The van der Waals surface area contributed by atoms with Crippen molar-refractivity contribution in [3.05, 3.63) is 0 Å². The van der Waals surface area contributed by atoms with Gasteiger partial charge in [-0.1, -0.05) is 25.7 Å². The second kappa shape index (κ2) is 6.73. The van der Waals surface area contributed by atoms with Crippen molar-refractivity contribution in [3.63, 3.8) is 0 Å². The number of carboxylic acid groups (broad SMARTS) is 1. The zero-order valence-electron chi connectivity index (χ0n) is 11.2. The molecule has 2 N–H and O–H groups in total. The molecule has 0 saturated heterocycles. The fourth-order valence-electron chi connectivity index (χ4n) is 2.27. The normalized spacial score (nSPS) is 19.3. The molecule has 5 nitrogen and oxygen atoms in total. The van der Waals surface area contributed by atoms with Crippen LogP contribution in [0.15, 0.2) is 0 Å². The molecule has 1 rings (SSSR count). The van der Waals surface area contributed by atoms with E-state index < -0.39 is 11.5 Å². The van der Waals surface area contributed by atoms with Gasteiger partial charge in [-0.2, -0.15) is 0 Å². The first kappa shape index (κ1) is 15.0. The zero-order chi connectivity index (χ0) is 13.6. The topological polar surface area (TPSA) is 75.6 Å². The molecule has 0 aromatic rings. The Morgan fingerprint density at radius 2 is 1.78 bits per heavy atom. The highest BCUT2D eigenvalue weighted by Crippen LogP contribution is 2.27. The predicted octanol–water partition coefficient (Wildman–Crippen LogP) is 1.71. The monoisotopic (exact) mass is 257 g/mol. The van der Waals surface area contributed by atoms with Crippen LogP contribution in [0.2, 0.25) is 0 Å². The van der Waals surface area contributed by atoms with Crippen LogP contribution >= 0.6 is 0 Å². The molecule has 1 fully saturated rings. The van der Waals surface area contributed by atoms with Gasteiger partial charge in [-0.15, -0.1) is 0 Å². The van der Waals surface area contributed by atoms with Crippen LogP contribution in [0.4, 0.5) is 0 Å². The third-order valence-corrected chi connectivity index (χ3v) is 3.29. The van der Waals surface area contributed by atoms with Gasteiger partial charge in [0.2, 0.25) is 5.91 Å². The molecule has 1 amide bonds. The molecule has 0 aliphatic heterocycles. The van der Waals surface area contributed by atoms with Crippen LogP contribution in [0.25, 0.3) is 0 Å². The summed E-state index contributed by atoms with van der Waals surface area (Å²) in [5.41, 5.74) is -1.09. The van der Waals surface area contributed by atoms with Crippen LogP contribution in [0, 0.1) is 0 Å². The smallest absolute Gasteiger partial charge is 0.329 e. The maximum atomic E-state index is 11.7. The Morgan fingerprint density at radius 1 is 1.22 bits per heavy atom. The van der Waals surface area contributed by atoms with E-state index in [2.05, 4.69) is 5.32 Å². The lowest BCUT2D eigenvalue weighted by Gasteiger charge is -2.29. The molecule has 5 heteroatoms. The van der Waals surface area contributed by atoms with E-state index in [0.717, 1.165) is 25.7 Å². The molecular formula is C13H23NO4. The molecule has 0 heterocycles. The quantitative estimate of drug-likeness (QED) is 0.735. The summed E-state index contributed by atoms with van der Waals surface area (Å²) in [4.78, 5) is 23.2. The highest BCUT2D eigenvalue weighted by atomic mass is 16.5. The van der Waals surface area contributed by atoms with Gasteiger partial charge in [-0.25, -0.2) is 4.79 Å². The van der Waals surface area contributed by atoms with Crippen LogP contribution in [-0.2, 0) is 14.3 Å². The van der Waals surface area contributed by atoms with Gasteiger partial charge in [0.05, 0.1) is 6.10 Å². The maximum absolute atomic E-state index is 11.7. The lowest BCUT2D eigenvalue weighted by atomic mass is 9.90. The van der Waals surface area contributed by atoms with Gasteiger partial charge >= 0.3 is 5.97 Å². The molecule has 1 aliphatic carbocycles. The van der Waals surface area contributed by atoms with Crippen molar-refractivity contribution < 1.29 is 19.4 Å². The summed E-state index contributed by atoms with van der Waals surface area (Å²) in [6.45, 7) is 3.60. The van der Waals surface area contributed by atoms with E-state index >= 15 is 0 Å². The van der Waals surface area contributed by atoms with Gasteiger partial charge < -0.3 is 15.2 Å². The highest BCUT2D eigenvalue weighted by molar-refractivity contribution is 5.87. The first-order valence-corrected chi connectivity index (χ1v) is 6.62.